The molecule has 1 aromatic rings. The lowest BCUT2D eigenvalue weighted by Crippen LogP contribution is -2.13. The molecule has 0 aliphatic carbocycles. The topological polar surface area (TPSA) is 63.4 Å². The van der Waals surface area contributed by atoms with Gasteiger partial charge in [0.05, 0.1) is 4.90 Å². The summed E-state index contributed by atoms with van der Waals surface area (Å²) in [6, 6.07) is 6.40. The molecule has 0 saturated heterocycles. The van der Waals surface area contributed by atoms with Crippen molar-refractivity contribution in [3.63, 3.8) is 0 Å². The molecule has 2 N–H and O–H groups in total. The number of anilines is 1. The summed E-state index contributed by atoms with van der Waals surface area (Å²) in [5, 5.41) is 4.94. The first-order valence-corrected chi connectivity index (χ1v) is 5.26. The Morgan fingerprint density at radius 1 is 1.15 bits per heavy atom. The van der Waals surface area contributed by atoms with Gasteiger partial charge in [0.1, 0.15) is 0 Å². The Labute approximate surface area is 78.0 Å². The highest BCUT2D eigenvalue weighted by Gasteiger charge is 2.06. The van der Waals surface area contributed by atoms with E-state index in [2.05, 4.69) is 0 Å². The van der Waals surface area contributed by atoms with Gasteiger partial charge in [0.25, 0.3) is 0 Å². The van der Waals surface area contributed by atoms with Crippen molar-refractivity contribution in [2.24, 2.45) is 5.14 Å². The number of hydrogen-bond donors (Lipinski definition) is 1. The average Bonchev–Trinajstić information content (AvgIpc) is 2.03. The molecule has 0 unspecified atom stereocenters. The number of hydrogen-bond acceptors (Lipinski definition) is 3. The van der Waals surface area contributed by atoms with E-state index in [4.69, 9.17) is 5.14 Å². The van der Waals surface area contributed by atoms with Crippen LogP contribution in [0.25, 0.3) is 0 Å². The molecule has 0 spiro atoms. The van der Waals surface area contributed by atoms with E-state index in [0.29, 0.717) is 0 Å². The van der Waals surface area contributed by atoms with Gasteiger partial charge in [-0.25, -0.2) is 13.6 Å². The lowest BCUT2D eigenvalue weighted by atomic mass is 10.3. The zero-order valence-corrected chi connectivity index (χ0v) is 8.38. The standard InChI is InChI=1S/C8H12N2O2S/c1-10(2)7-3-5-8(6-4-7)13(9,11)12/h3-6H,1-2H3,(H2,9,11,12). The molecular formula is C8H12N2O2S. The van der Waals surface area contributed by atoms with Gasteiger partial charge in [-0.3, -0.25) is 0 Å². The second kappa shape index (κ2) is 3.35. The number of rotatable bonds is 2. The van der Waals surface area contributed by atoms with Crippen LogP contribution in [0.1, 0.15) is 0 Å². The van der Waals surface area contributed by atoms with Gasteiger partial charge in [-0.15, -0.1) is 0 Å². The normalized spacial score (nSPS) is 11.3. The van der Waals surface area contributed by atoms with Crippen molar-refractivity contribution in [1.82, 2.24) is 0 Å². The Morgan fingerprint density at radius 3 is 1.92 bits per heavy atom. The summed E-state index contributed by atoms with van der Waals surface area (Å²) in [5.74, 6) is 0. The molecule has 0 aliphatic heterocycles. The van der Waals surface area contributed by atoms with Crippen LogP contribution >= 0.6 is 0 Å². The Morgan fingerprint density at radius 2 is 1.62 bits per heavy atom. The molecule has 0 fully saturated rings. The maximum atomic E-state index is 10.9. The molecule has 13 heavy (non-hydrogen) atoms. The summed E-state index contributed by atoms with van der Waals surface area (Å²) < 4.78 is 21.8. The van der Waals surface area contributed by atoms with Gasteiger partial charge in [-0.1, -0.05) is 0 Å². The van der Waals surface area contributed by atoms with Crippen molar-refractivity contribution >= 4 is 15.7 Å². The van der Waals surface area contributed by atoms with Gasteiger partial charge < -0.3 is 4.90 Å². The van der Waals surface area contributed by atoms with E-state index in [9.17, 15) is 8.42 Å². The van der Waals surface area contributed by atoms with Crippen LogP contribution in [0, 0.1) is 0 Å². The fourth-order valence-corrected chi connectivity index (χ4v) is 1.45. The molecule has 0 radical (unpaired) electrons. The van der Waals surface area contributed by atoms with Gasteiger partial charge in [0.15, 0.2) is 0 Å². The highest BCUT2D eigenvalue weighted by Crippen LogP contribution is 2.14. The van der Waals surface area contributed by atoms with E-state index in [0.717, 1.165) is 5.69 Å². The van der Waals surface area contributed by atoms with E-state index in [-0.39, 0.29) is 4.90 Å². The maximum absolute atomic E-state index is 10.9. The van der Waals surface area contributed by atoms with Crippen molar-refractivity contribution in [3.05, 3.63) is 24.3 Å². The molecule has 5 heteroatoms. The summed E-state index contributed by atoms with van der Waals surface area (Å²) in [7, 11) is 0.198. The summed E-state index contributed by atoms with van der Waals surface area (Å²) in [6.45, 7) is 0. The van der Waals surface area contributed by atoms with Crippen LogP contribution in [0.5, 0.6) is 0 Å². The molecule has 0 bridgehead atoms. The van der Waals surface area contributed by atoms with Crippen LogP contribution in [0.2, 0.25) is 0 Å². The van der Waals surface area contributed by atoms with Gasteiger partial charge in [0.2, 0.25) is 10.0 Å². The number of sulfonamides is 1. The molecule has 1 rings (SSSR count). The van der Waals surface area contributed by atoms with E-state index in [1.54, 1.807) is 12.1 Å². The largest absolute Gasteiger partial charge is 0.378 e. The average molecular weight is 200 g/mol. The Hall–Kier alpha value is -1.07. The van der Waals surface area contributed by atoms with Crippen molar-refractivity contribution in [2.45, 2.75) is 4.90 Å². The van der Waals surface area contributed by atoms with Crippen LogP contribution in [0.3, 0.4) is 0 Å². The zero-order valence-electron chi connectivity index (χ0n) is 7.56. The second-order valence-electron chi connectivity index (χ2n) is 2.93. The van der Waals surface area contributed by atoms with E-state index >= 15 is 0 Å². The first-order valence-electron chi connectivity index (χ1n) is 3.71. The molecule has 1 aromatic carbocycles. The van der Waals surface area contributed by atoms with Crippen molar-refractivity contribution in [1.29, 1.82) is 0 Å². The monoisotopic (exact) mass is 200 g/mol. The predicted octanol–water partition coefficient (Wildman–Crippen LogP) is 0.400. The van der Waals surface area contributed by atoms with Crippen molar-refractivity contribution in [3.8, 4) is 0 Å². The van der Waals surface area contributed by atoms with Gasteiger partial charge in [0, 0.05) is 19.8 Å². The van der Waals surface area contributed by atoms with Crippen molar-refractivity contribution < 1.29 is 8.42 Å². The molecular weight excluding hydrogens is 188 g/mol. The van der Waals surface area contributed by atoms with Crippen LogP contribution in [-0.4, -0.2) is 22.5 Å². The van der Waals surface area contributed by atoms with Crippen LogP contribution < -0.4 is 10.0 Å². The lowest BCUT2D eigenvalue weighted by molar-refractivity contribution is 0.598. The summed E-state index contributed by atoms with van der Waals surface area (Å²) in [6.07, 6.45) is 0. The first kappa shape index (κ1) is 10.0. The third-order valence-corrected chi connectivity index (χ3v) is 2.61. The first-order chi connectivity index (χ1) is 5.91. The molecule has 0 saturated carbocycles. The minimum Gasteiger partial charge on any atom is -0.378 e. The van der Waals surface area contributed by atoms with Gasteiger partial charge in [-0.05, 0) is 24.3 Å². The molecule has 0 aromatic heterocycles. The highest BCUT2D eigenvalue weighted by atomic mass is 32.2. The number of nitrogens with zero attached hydrogens (tertiary/aromatic N) is 1. The third-order valence-electron chi connectivity index (χ3n) is 1.68. The van der Waals surface area contributed by atoms with Crippen LogP contribution in [0.4, 0.5) is 5.69 Å². The van der Waals surface area contributed by atoms with E-state index in [1.165, 1.54) is 12.1 Å². The Bertz CT molecular complexity index is 381. The quantitative estimate of drug-likeness (QED) is 0.751. The molecule has 0 amide bonds. The Balaban J connectivity index is 3.08. The SMILES string of the molecule is CN(C)c1ccc(S(N)(=O)=O)cc1. The van der Waals surface area contributed by atoms with Crippen LogP contribution in [-0.2, 0) is 10.0 Å². The smallest absolute Gasteiger partial charge is 0.238 e. The zero-order chi connectivity index (χ0) is 10.1. The summed E-state index contributed by atoms with van der Waals surface area (Å²) in [5.41, 5.74) is 0.937. The number of primary sulfonamides is 1. The molecule has 0 atom stereocenters. The number of benzene rings is 1. The van der Waals surface area contributed by atoms with Gasteiger partial charge in [-0.2, -0.15) is 0 Å². The van der Waals surface area contributed by atoms with Gasteiger partial charge >= 0.3 is 0 Å². The Kier molecular flexibility index (Phi) is 2.58. The second-order valence-corrected chi connectivity index (χ2v) is 4.49. The molecule has 72 valence electrons. The minimum atomic E-state index is -3.56. The molecule has 4 nitrogen and oxygen atoms in total. The third kappa shape index (κ3) is 2.43. The fraction of sp³-hybridized carbons (Fsp3) is 0.250. The van der Waals surface area contributed by atoms with Crippen molar-refractivity contribution in [2.75, 3.05) is 19.0 Å². The lowest BCUT2D eigenvalue weighted by Gasteiger charge is -2.11. The fourth-order valence-electron chi connectivity index (χ4n) is 0.934. The summed E-state index contributed by atoms with van der Waals surface area (Å²) >= 11 is 0. The highest BCUT2D eigenvalue weighted by molar-refractivity contribution is 7.89. The maximum Gasteiger partial charge on any atom is 0.238 e. The minimum absolute atomic E-state index is 0.137. The van der Waals surface area contributed by atoms with Crippen LogP contribution in [0.15, 0.2) is 29.2 Å². The predicted molar refractivity (Wildman–Crippen MR) is 52.1 cm³/mol. The van der Waals surface area contributed by atoms with E-state index in [1.807, 2.05) is 19.0 Å². The number of nitrogens with two attached hydrogens (primary N) is 1. The van der Waals surface area contributed by atoms with E-state index < -0.39 is 10.0 Å². The summed E-state index contributed by atoms with van der Waals surface area (Å²) in [4.78, 5) is 2.02. The molecule has 0 aliphatic rings. The molecule has 0 heterocycles.